The van der Waals surface area contributed by atoms with Gasteiger partial charge < -0.3 is 15.6 Å². The second kappa shape index (κ2) is 6.75. The second-order valence-corrected chi connectivity index (χ2v) is 5.06. The van der Waals surface area contributed by atoms with Gasteiger partial charge in [0.1, 0.15) is 11.5 Å². The number of hydrogen-bond donors (Lipinski definition) is 2. The van der Waals surface area contributed by atoms with Crippen LogP contribution in [0.3, 0.4) is 0 Å². The van der Waals surface area contributed by atoms with Crippen LogP contribution in [0.15, 0.2) is 42.5 Å². The van der Waals surface area contributed by atoms with Gasteiger partial charge in [0.05, 0.1) is 0 Å². The minimum absolute atomic E-state index is 0.0881. The molecule has 2 rings (SSSR count). The van der Waals surface area contributed by atoms with E-state index >= 15 is 0 Å². The third kappa shape index (κ3) is 3.51. The highest BCUT2D eigenvalue weighted by Crippen LogP contribution is 2.30. The molecule has 2 aromatic rings. The van der Waals surface area contributed by atoms with E-state index in [2.05, 4.69) is 0 Å². The minimum atomic E-state index is -0.113. The number of aliphatic hydroxyl groups excluding tert-OH is 1. The molecule has 0 bridgehead atoms. The number of rotatable bonds is 5. The Morgan fingerprint density at radius 3 is 2.65 bits per heavy atom. The van der Waals surface area contributed by atoms with Gasteiger partial charge in [-0.1, -0.05) is 35.9 Å². The predicted molar refractivity (Wildman–Crippen MR) is 81.4 cm³/mol. The number of hydrogen-bond acceptors (Lipinski definition) is 3. The van der Waals surface area contributed by atoms with Gasteiger partial charge in [-0.3, -0.25) is 0 Å². The van der Waals surface area contributed by atoms with Crippen LogP contribution >= 0.6 is 11.6 Å². The first-order valence-electron chi connectivity index (χ1n) is 6.53. The number of para-hydroxylation sites is 1. The molecule has 3 nitrogen and oxygen atoms in total. The highest BCUT2D eigenvalue weighted by atomic mass is 35.5. The minimum Gasteiger partial charge on any atom is -0.457 e. The summed E-state index contributed by atoms with van der Waals surface area (Å²) in [5.74, 6) is 1.39. The van der Waals surface area contributed by atoms with Gasteiger partial charge in [-0.05, 0) is 42.7 Å². The summed E-state index contributed by atoms with van der Waals surface area (Å²) in [4.78, 5) is 0. The molecule has 0 amide bonds. The fraction of sp³-hybridized carbons (Fsp3) is 0.250. The van der Waals surface area contributed by atoms with Crippen LogP contribution in [-0.4, -0.2) is 11.7 Å². The van der Waals surface area contributed by atoms with Gasteiger partial charge >= 0.3 is 0 Å². The van der Waals surface area contributed by atoms with E-state index in [1.165, 1.54) is 0 Å². The van der Waals surface area contributed by atoms with Crippen LogP contribution in [-0.2, 0) is 6.42 Å². The Morgan fingerprint density at radius 1 is 1.25 bits per heavy atom. The SMILES string of the molecule is CC(N)c1ccc(Oc2ccccc2CCO)cc1Cl. The summed E-state index contributed by atoms with van der Waals surface area (Å²) in [7, 11) is 0. The van der Waals surface area contributed by atoms with Gasteiger partial charge in [0, 0.05) is 17.7 Å². The monoisotopic (exact) mass is 291 g/mol. The number of halogens is 1. The third-order valence-electron chi connectivity index (χ3n) is 3.04. The van der Waals surface area contributed by atoms with E-state index < -0.39 is 0 Å². The molecule has 1 unspecified atom stereocenters. The molecule has 3 N–H and O–H groups in total. The zero-order chi connectivity index (χ0) is 14.5. The molecule has 0 aliphatic heterocycles. The first-order valence-corrected chi connectivity index (χ1v) is 6.91. The molecule has 0 aromatic heterocycles. The van der Waals surface area contributed by atoms with Crippen LogP contribution in [0.2, 0.25) is 5.02 Å². The lowest BCUT2D eigenvalue weighted by molar-refractivity contribution is 0.298. The topological polar surface area (TPSA) is 55.5 Å². The van der Waals surface area contributed by atoms with Gasteiger partial charge in [0.15, 0.2) is 0 Å². The van der Waals surface area contributed by atoms with E-state index in [0.29, 0.717) is 17.2 Å². The highest BCUT2D eigenvalue weighted by molar-refractivity contribution is 6.31. The smallest absolute Gasteiger partial charge is 0.130 e. The summed E-state index contributed by atoms with van der Waals surface area (Å²) in [6, 6.07) is 13.0. The Hall–Kier alpha value is -1.55. The molecule has 0 heterocycles. The molecular formula is C16H18ClNO2. The predicted octanol–water partition coefficient (Wildman–Crippen LogP) is 3.69. The molecule has 2 aromatic carbocycles. The van der Waals surface area contributed by atoms with E-state index in [0.717, 1.165) is 16.9 Å². The summed E-state index contributed by atoms with van der Waals surface area (Å²) < 4.78 is 5.84. The van der Waals surface area contributed by atoms with Crippen molar-refractivity contribution in [1.29, 1.82) is 0 Å². The Kier molecular flexibility index (Phi) is 5.01. The van der Waals surface area contributed by atoms with Crippen molar-refractivity contribution in [3.05, 3.63) is 58.6 Å². The largest absolute Gasteiger partial charge is 0.457 e. The molecule has 1 atom stereocenters. The molecule has 0 fully saturated rings. The lowest BCUT2D eigenvalue weighted by Gasteiger charge is -2.13. The number of nitrogens with two attached hydrogens (primary N) is 1. The average molecular weight is 292 g/mol. The van der Waals surface area contributed by atoms with Crippen molar-refractivity contribution < 1.29 is 9.84 Å². The van der Waals surface area contributed by atoms with E-state index in [-0.39, 0.29) is 12.6 Å². The van der Waals surface area contributed by atoms with Crippen LogP contribution in [0.5, 0.6) is 11.5 Å². The Bertz CT molecular complexity index is 584. The molecule has 106 valence electrons. The van der Waals surface area contributed by atoms with Crippen LogP contribution in [0, 0.1) is 0 Å². The molecule has 0 saturated heterocycles. The number of benzene rings is 2. The zero-order valence-corrected chi connectivity index (χ0v) is 12.1. The Morgan fingerprint density at radius 2 is 2.00 bits per heavy atom. The summed E-state index contributed by atoms with van der Waals surface area (Å²) in [5.41, 5.74) is 7.68. The van der Waals surface area contributed by atoms with Gasteiger partial charge in [-0.25, -0.2) is 0 Å². The summed E-state index contributed by atoms with van der Waals surface area (Å²) in [6.45, 7) is 1.98. The van der Waals surface area contributed by atoms with Crippen molar-refractivity contribution in [1.82, 2.24) is 0 Å². The van der Waals surface area contributed by atoms with Crippen molar-refractivity contribution in [2.24, 2.45) is 5.73 Å². The van der Waals surface area contributed by atoms with Crippen molar-refractivity contribution in [2.45, 2.75) is 19.4 Å². The van der Waals surface area contributed by atoms with Crippen LogP contribution in [0.25, 0.3) is 0 Å². The second-order valence-electron chi connectivity index (χ2n) is 4.66. The first kappa shape index (κ1) is 14.9. The maximum atomic E-state index is 9.06. The maximum Gasteiger partial charge on any atom is 0.130 e. The van der Waals surface area contributed by atoms with Crippen molar-refractivity contribution >= 4 is 11.6 Å². The molecule has 4 heteroatoms. The van der Waals surface area contributed by atoms with E-state index in [1.54, 1.807) is 6.07 Å². The van der Waals surface area contributed by atoms with Crippen molar-refractivity contribution in [3.63, 3.8) is 0 Å². The van der Waals surface area contributed by atoms with E-state index in [9.17, 15) is 0 Å². The molecule has 0 aliphatic rings. The van der Waals surface area contributed by atoms with E-state index in [1.807, 2.05) is 43.3 Å². The molecule has 0 aliphatic carbocycles. The Balaban J connectivity index is 2.24. The summed E-state index contributed by atoms with van der Waals surface area (Å²) >= 11 is 6.19. The van der Waals surface area contributed by atoms with Gasteiger partial charge in [0.2, 0.25) is 0 Å². The lowest BCUT2D eigenvalue weighted by atomic mass is 10.1. The molecule has 0 radical (unpaired) electrons. The number of aliphatic hydroxyl groups is 1. The number of ether oxygens (including phenoxy) is 1. The lowest BCUT2D eigenvalue weighted by Crippen LogP contribution is -2.05. The molecular weight excluding hydrogens is 274 g/mol. The van der Waals surface area contributed by atoms with Gasteiger partial charge in [0.25, 0.3) is 0 Å². The quantitative estimate of drug-likeness (QED) is 0.883. The van der Waals surface area contributed by atoms with Crippen LogP contribution < -0.4 is 10.5 Å². The fourth-order valence-corrected chi connectivity index (χ4v) is 2.34. The van der Waals surface area contributed by atoms with Crippen molar-refractivity contribution in [3.8, 4) is 11.5 Å². The molecule has 0 saturated carbocycles. The molecule has 20 heavy (non-hydrogen) atoms. The Labute approximate surface area is 123 Å². The average Bonchev–Trinajstić information content (AvgIpc) is 2.41. The van der Waals surface area contributed by atoms with Gasteiger partial charge in [-0.15, -0.1) is 0 Å². The fourth-order valence-electron chi connectivity index (χ4n) is 2.00. The van der Waals surface area contributed by atoms with Gasteiger partial charge in [-0.2, -0.15) is 0 Å². The first-order chi connectivity index (χ1) is 9.61. The zero-order valence-electron chi connectivity index (χ0n) is 11.3. The summed E-state index contributed by atoms with van der Waals surface area (Å²) in [5, 5.41) is 9.66. The molecule has 0 spiro atoms. The van der Waals surface area contributed by atoms with Crippen molar-refractivity contribution in [2.75, 3.05) is 6.61 Å². The maximum absolute atomic E-state index is 9.06. The summed E-state index contributed by atoms with van der Waals surface area (Å²) in [6.07, 6.45) is 0.557. The third-order valence-corrected chi connectivity index (χ3v) is 3.37. The van der Waals surface area contributed by atoms with E-state index in [4.69, 9.17) is 27.2 Å². The normalized spacial score (nSPS) is 12.2. The standard InChI is InChI=1S/C16H18ClNO2/c1-11(18)14-7-6-13(10-15(14)17)20-16-5-3-2-4-12(16)8-9-19/h2-7,10-11,19H,8-9,18H2,1H3. The van der Waals surface area contributed by atoms with Crippen LogP contribution in [0.1, 0.15) is 24.1 Å². The van der Waals surface area contributed by atoms with Crippen LogP contribution in [0.4, 0.5) is 0 Å². The highest BCUT2D eigenvalue weighted by Gasteiger charge is 2.08.